The minimum absolute atomic E-state index is 0.00655. The van der Waals surface area contributed by atoms with E-state index in [9.17, 15) is 4.79 Å². The van der Waals surface area contributed by atoms with Crippen LogP contribution in [-0.2, 0) is 4.79 Å². The maximum Gasteiger partial charge on any atom is 0.245 e. The Labute approximate surface area is 125 Å². The molecule has 1 aliphatic rings. The molecular formula is C17H20ClNO. The van der Waals surface area contributed by atoms with Crippen molar-refractivity contribution < 1.29 is 4.79 Å². The predicted octanol–water partition coefficient (Wildman–Crippen LogP) is 4.50. The molecule has 3 heteroatoms. The summed E-state index contributed by atoms with van der Waals surface area (Å²) in [5, 5.41) is 0. The summed E-state index contributed by atoms with van der Waals surface area (Å²) in [5.74, 6) is -0.0842. The molecule has 20 heavy (non-hydrogen) atoms. The molecule has 0 bridgehead atoms. The average Bonchev–Trinajstić information content (AvgIpc) is 2.46. The van der Waals surface area contributed by atoms with Crippen LogP contribution in [0.2, 0.25) is 0 Å². The molecule has 0 fully saturated rings. The van der Waals surface area contributed by atoms with E-state index in [1.54, 1.807) is 4.90 Å². The van der Waals surface area contributed by atoms with Gasteiger partial charge in [-0.05, 0) is 49.8 Å². The highest BCUT2D eigenvalue weighted by atomic mass is 35.5. The number of alkyl halides is 1. The molecule has 1 aromatic rings. The third-order valence-corrected chi connectivity index (χ3v) is 3.78. The molecule has 0 saturated heterocycles. The summed E-state index contributed by atoms with van der Waals surface area (Å²) in [6.45, 7) is 4.05. The van der Waals surface area contributed by atoms with Crippen molar-refractivity contribution in [2.24, 2.45) is 0 Å². The molecule has 2 nitrogen and oxygen atoms in total. The van der Waals surface area contributed by atoms with Crippen LogP contribution in [0.15, 0.2) is 42.1 Å². The van der Waals surface area contributed by atoms with E-state index in [-0.39, 0.29) is 11.8 Å². The Morgan fingerprint density at radius 1 is 1.30 bits per heavy atom. The molecule has 0 heterocycles. The second-order valence-corrected chi connectivity index (χ2v) is 5.41. The number of amides is 1. The van der Waals surface area contributed by atoms with Crippen LogP contribution in [0, 0.1) is 13.8 Å². The molecular weight excluding hydrogens is 270 g/mol. The molecule has 0 spiro atoms. The van der Waals surface area contributed by atoms with Gasteiger partial charge in [0.15, 0.2) is 0 Å². The first-order valence-corrected chi connectivity index (χ1v) is 7.45. The van der Waals surface area contributed by atoms with Gasteiger partial charge in [0.05, 0.1) is 5.69 Å². The van der Waals surface area contributed by atoms with Gasteiger partial charge in [0.1, 0.15) is 5.88 Å². The van der Waals surface area contributed by atoms with Gasteiger partial charge in [-0.15, -0.1) is 11.6 Å². The van der Waals surface area contributed by atoms with Gasteiger partial charge in [0.2, 0.25) is 5.91 Å². The smallest absolute Gasteiger partial charge is 0.245 e. The lowest BCUT2D eigenvalue weighted by Crippen LogP contribution is -2.28. The standard InChI is InChI=1S/C17H20ClNO/c1-13-7-6-8-14(2)17(13)19(16(20)11-18)12-15-9-4-3-5-10-15/h3-4,6-8,12H,5,9-11H2,1-2H3. The number of nitrogens with zero attached hydrogens (tertiary/aromatic N) is 1. The van der Waals surface area contributed by atoms with Crippen molar-refractivity contribution in [1.29, 1.82) is 0 Å². The van der Waals surface area contributed by atoms with Crippen molar-refractivity contribution in [3.05, 3.63) is 53.3 Å². The van der Waals surface area contributed by atoms with Gasteiger partial charge in [-0.3, -0.25) is 9.69 Å². The fraction of sp³-hybridized carbons (Fsp3) is 0.353. The number of halogens is 1. The zero-order valence-electron chi connectivity index (χ0n) is 12.0. The number of aryl methyl sites for hydroxylation is 2. The minimum atomic E-state index is -0.0777. The van der Waals surface area contributed by atoms with Crippen molar-refractivity contribution in [2.75, 3.05) is 10.8 Å². The lowest BCUT2D eigenvalue weighted by molar-refractivity contribution is -0.115. The first kappa shape index (κ1) is 14.9. The van der Waals surface area contributed by atoms with Crippen LogP contribution in [0.1, 0.15) is 30.4 Å². The highest BCUT2D eigenvalue weighted by Gasteiger charge is 2.17. The van der Waals surface area contributed by atoms with Crippen molar-refractivity contribution in [2.45, 2.75) is 33.1 Å². The number of benzene rings is 1. The summed E-state index contributed by atoms with van der Waals surface area (Å²) in [6.07, 6.45) is 9.28. The van der Waals surface area contributed by atoms with Crippen LogP contribution in [0.25, 0.3) is 0 Å². The number of allylic oxidation sites excluding steroid dienone is 3. The summed E-state index contributed by atoms with van der Waals surface area (Å²) in [4.78, 5) is 14.0. The van der Waals surface area contributed by atoms with E-state index in [1.807, 2.05) is 38.2 Å². The molecule has 2 rings (SSSR count). The van der Waals surface area contributed by atoms with Gasteiger partial charge in [0, 0.05) is 6.20 Å². The number of carbonyl (C=O) groups is 1. The van der Waals surface area contributed by atoms with Crippen LogP contribution in [0.4, 0.5) is 5.69 Å². The van der Waals surface area contributed by atoms with E-state index in [2.05, 4.69) is 12.2 Å². The highest BCUT2D eigenvalue weighted by molar-refractivity contribution is 6.29. The second kappa shape index (κ2) is 6.76. The Balaban J connectivity index is 2.42. The van der Waals surface area contributed by atoms with Crippen LogP contribution in [-0.4, -0.2) is 11.8 Å². The molecule has 0 unspecified atom stereocenters. The van der Waals surface area contributed by atoms with E-state index in [0.717, 1.165) is 36.1 Å². The maximum atomic E-state index is 12.2. The van der Waals surface area contributed by atoms with Crippen molar-refractivity contribution in [3.63, 3.8) is 0 Å². The topological polar surface area (TPSA) is 20.3 Å². The first-order valence-electron chi connectivity index (χ1n) is 6.92. The normalized spacial score (nSPS) is 16.4. The average molecular weight is 290 g/mol. The summed E-state index contributed by atoms with van der Waals surface area (Å²) < 4.78 is 0. The molecule has 1 aromatic carbocycles. The number of hydrogen-bond acceptors (Lipinski definition) is 1. The number of rotatable bonds is 3. The second-order valence-electron chi connectivity index (χ2n) is 5.14. The third kappa shape index (κ3) is 3.31. The zero-order valence-corrected chi connectivity index (χ0v) is 12.8. The Morgan fingerprint density at radius 3 is 2.55 bits per heavy atom. The summed E-state index contributed by atoms with van der Waals surface area (Å²) in [6, 6.07) is 6.06. The first-order chi connectivity index (χ1) is 9.63. The van der Waals surface area contributed by atoms with Gasteiger partial charge in [-0.2, -0.15) is 0 Å². The molecule has 0 saturated carbocycles. The maximum absolute atomic E-state index is 12.2. The number of hydrogen-bond donors (Lipinski definition) is 0. The summed E-state index contributed by atoms with van der Waals surface area (Å²) in [7, 11) is 0. The van der Waals surface area contributed by atoms with E-state index in [1.165, 1.54) is 5.57 Å². The zero-order chi connectivity index (χ0) is 14.5. The van der Waals surface area contributed by atoms with Crippen LogP contribution in [0.5, 0.6) is 0 Å². The fourth-order valence-corrected chi connectivity index (χ4v) is 2.66. The van der Waals surface area contributed by atoms with Gasteiger partial charge >= 0.3 is 0 Å². The number of para-hydroxylation sites is 1. The molecule has 0 aliphatic heterocycles. The van der Waals surface area contributed by atoms with Crippen molar-refractivity contribution in [3.8, 4) is 0 Å². The molecule has 1 aliphatic carbocycles. The predicted molar refractivity (Wildman–Crippen MR) is 85.2 cm³/mol. The molecule has 0 aromatic heterocycles. The molecule has 1 amide bonds. The van der Waals surface area contributed by atoms with Gasteiger partial charge in [-0.1, -0.05) is 30.4 Å². The highest BCUT2D eigenvalue weighted by Crippen LogP contribution is 2.27. The van der Waals surface area contributed by atoms with Crippen LogP contribution in [0.3, 0.4) is 0 Å². The minimum Gasteiger partial charge on any atom is -0.286 e. The summed E-state index contributed by atoms with van der Waals surface area (Å²) >= 11 is 5.78. The molecule has 0 radical (unpaired) electrons. The van der Waals surface area contributed by atoms with Crippen LogP contribution >= 0.6 is 11.6 Å². The Kier molecular flexibility index (Phi) is 5.02. The van der Waals surface area contributed by atoms with E-state index in [4.69, 9.17) is 11.6 Å². The molecule has 0 atom stereocenters. The SMILES string of the molecule is Cc1cccc(C)c1N(C=C1CC=CCC1)C(=O)CCl. The Morgan fingerprint density at radius 2 is 2.00 bits per heavy atom. The lowest BCUT2D eigenvalue weighted by Gasteiger charge is -2.24. The third-order valence-electron chi connectivity index (χ3n) is 3.55. The van der Waals surface area contributed by atoms with Gasteiger partial charge < -0.3 is 0 Å². The largest absolute Gasteiger partial charge is 0.286 e. The Hall–Kier alpha value is -1.54. The van der Waals surface area contributed by atoms with Crippen molar-refractivity contribution in [1.82, 2.24) is 0 Å². The van der Waals surface area contributed by atoms with Gasteiger partial charge in [0.25, 0.3) is 0 Å². The lowest BCUT2D eigenvalue weighted by atomic mass is 10.0. The van der Waals surface area contributed by atoms with E-state index < -0.39 is 0 Å². The quantitative estimate of drug-likeness (QED) is 0.593. The fourth-order valence-electron chi connectivity index (χ4n) is 2.53. The number of anilines is 1. The summed E-state index contributed by atoms with van der Waals surface area (Å²) in [5.41, 5.74) is 4.41. The monoisotopic (exact) mass is 289 g/mol. The van der Waals surface area contributed by atoms with E-state index >= 15 is 0 Å². The van der Waals surface area contributed by atoms with Crippen molar-refractivity contribution >= 4 is 23.2 Å². The van der Waals surface area contributed by atoms with Crippen LogP contribution < -0.4 is 4.90 Å². The van der Waals surface area contributed by atoms with Gasteiger partial charge in [-0.25, -0.2) is 0 Å². The number of carbonyl (C=O) groups excluding carboxylic acids is 1. The Bertz CT molecular complexity index is 540. The molecule has 0 N–H and O–H groups in total. The molecule has 106 valence electrons. The van der Waals surface area contributed by atoms with E-state index in [0.29, 0.717) is 0 Å².